The molecule has 3 fully saturated rings. The topological polar surface area (TPSA) is 139 Å². The number of halogens is 5. The minimum absolute atomic E-state index is 0.0684. The largest absolute Gasteiger partial charge is 0.398 e. The second-order valence-corrected chi connectivity index (χ2v) is 16.1. The number of hydrogen-bond donors (Lipinski definition) is 3. The highest BCUT2D eigenvalue weighted by atomic mass is 127. The number of hydrogen-bond acceptors (Lipinski definition) is 7. The number of nitrogens with zero attached hydrogens (tertiary/aromatic N) is 6. The highest BCUT2D eigenvalue weighted by Crippen LogP contribution is 2.43. The first-order valence-electron chi connectivity index (χ1n) is 17.5. The van der Waals surface area contributed by atoms with Crippen LogP contribution in [0.25, 0.3) is 11.4 Å². The van der Waals surface area contributed by atoms with Gasteiger partial charge in [0.15, 0.2) is 10.0 Å². The standard InChI is InChI=1S/C35H44F3I2N9O2/c36-30(39)26-19-22(20-27(29(26)41)35(37,38)40)21-28(32(50)47-15-9-24(10-16-47)46-13-5-2-6-14-46)43-34(51)48-17-11-25(12-18-48)49-33(42)44-31(45-49)23-7-3-1-4-8-23/h1,3-4,7-8,19-20,24-25,28,30H,2,5-6,9-18,21,41H2,(H,43,51)(H2,42,44,45)/t28-,30?/m1/s1. The molecule has 2 atom stereocenters. The van der Waals surface area contributed by atoms with Crippen LogP contribution < -0.4 is 16.8 Å². The zero-order chi connectivity index (χ0) is 36.3. The first kappa shape index (κ1) is 37.9. The van der Waals surface area contributed by atoms with E-state index in [4.69, 9.17) is 11.5 Å². The minimum atomic E-state index is -3.36. The van der Waals surface area contributed by atoms with E-state index in [2.05, 4.69) is 20.3 Å². The molecule has 4 heterocycles. The number of aromatic nitrogens is 3. The van der Waals surface area contributed by atoms with E-state index in [9.17, 15) is 22.8 Å². The van der Waals surface area contributed by atoms with Gasteiger partial charge >= 0.3 is 9.96 Å². The Balaban J connectivity index is 1.17. The predicted molar refractivity (Wildman–Crippen MR) is 207 cm³/mol. The third kappa shape index (κ3) is 9.03. The highest BCUT2D eigenvalue weighted by molar-refractivity contribution is 14.1. The van der Waals surface area contributed by atoms with E-state index >= 15 is 0 Å². The van der Waals surface area contributed by atoms with Crippen molar-refractivity contribution in [2.75, 3.05) is 50.7 Å². The van der Waals surface area contributed by atoms with Crippen LogP contribution in [-0.2, 0) is 15.1 Å². The summed E-state index contributed by atoms with van der Waals surface area (Å²) in [5.74, 6) is 0.546. The van der Waals surface area contributed by atoms with Crippen molar-refractivity contribution in [2.24, 2.45) is 0 Å². The molecule has 11 nitrogen and oxygen atoms in total. The molecular weight excluding hydrogens is 889 g/mol. The van der Waals surface area contributed by atoms with Crippen LogP contribution in [0.3, 0.4) is 0 Å². The van der Waals surface area contributed by atoms with Crippen LogP contribution in [0.5, 0.6) is 0 Å². The molecule has 16 heteroatoms. The molecular formula is C35H44F3I2N9O2. The van der Waals surface area contributed by atoms with Crippen molar-refractivity contribution < 1.29 is 22.8 Å². The predicted octanol–water partition coefficient (Wildman–Crippen LogP) is 6.43. The summed E-state index contributed by atoms with van der Waals surface area (Å²) in [6.07, 6.45) is 6.31. The summed E-state index contributed by atoms with van der Waals surface area (Å²) in [6, 6.07) is 11.1. The number of anilines is 2. The van der Waals surface area contributed by atoms with Crippen molar-refractivity contribution in [1.29, 1.82) is 0 Å². The number of urea groups is 1. The van der Waals surface area contributed by atoms with Crippen molar-refractivity contribution in [3.63, 3.8) is 0 Å². The van der Waals surface area contributed by atoms with Gasteiger partial charge in [0.25, 0.3) is 0 Å². The Kier molecular flexibility index (Phi) is 12.2. The Morgan fingerprint density at radius 3 is 2.18 bits per heavy atom. The third-order valence-corrected chi connectivity index (χ3v) is 11.6. The Hall–Kier alpha value is -2.87. The van der Waals surface area contributed by atoms with Crippen LogP contribution in [0.1, 0.15) is 71.9 Å². The number of benzene rings is 2. The Bertz CT molecular complexity index is 1670. The van der Waals surface area contributed by atoms with E-state index in [-0.39, 0.29) is 29.6 Å². The monoisotopic (exact) mass is 933 g/mol. The molecule has 5 N–H and O–H groups in total. The van der Waals surface area contributed by atoms with Crippen molar-refractivity contribution in [1.82, 2.24) is 34.8 Å². The number of likely N-dealkylation sites (tertiary alicyclic amines) is 3. The van der Waals surface area contributed by atoms with E-state index in [1.807, 2.05) is 30.3 Å². The van der Waals surface area contributed by atoms with Crippen molar-refractivity contribution in [2.45, 2.75) is 77.6 Å². The smallest absolute Gasteiger partial charge is 0.323 e. The van der Waals surface area contributed by atoms with Gasteiger partial charge in [-0.2, -0.15) is 13.8 Å². The van der Waals surface area contributed by atoms with Gasteiger partial charge in [0.05, 0.1) is 11.6 Å². The third-order valence-electron chi connectivity index (χ3n) is 10.3. The molecule has 3 aliphatic rings. The molecule has 276 valence electrons. The average Bonchev–Trinajstić information content (AvgIpc) is 3.53. The van der Waals surface area contributed by atoms with Crippen LogP contribution >= 0.6 is 45.2 Å². The molecule has 0 spiro atoms. The number of nitrogens with two attached hydrogens (primary N) is 2. The van der Waals surface area contributed by atoms with Crippen LogP contribution in [0.4, 0.5) is 29.6 Å². The quantitative estimate of drug-likeness (QED) is 0.128. The Morgan fingerprint density at radius 2 is 1.55 bits per heavy atom. The molecule has 0 saturated carbocycles. The summed E-state index contributed by atoms with van der Waals surface area (Å²) in [5.41, 5.74) is 12.5. The molecule has 3 amide bonds. The van der Waals surface area contributed by atoms with E-state index in [0.717, 1.165) is 54.1 Å². The van der Waals surface area contributed by atoms with Crippen molar-refractivity contribution in [3.8, 4) is 11.4 Å². The van der Waals surface area contributed by atoms with Gasteiger partial charge in [-0.05, 0) is 91.9 Å². The molecule has 1 unspecified atom stereocenters. The first-order chi connectivity index (χ1) is 24.4. The summed E-state index contributed by atoms with van der Waals surface area (Å²) in [6.45, 7) is 3.98. The van der Waals surface area contributed by atoms with Gasteiger partial charge in [-0.1, -0.05) is 36.8 Å². The highest BCUT2D eigenvalue weighted by Gasteiger charge is 2.36. The second-order valence-electron chi connectivity index (χ2n) is 13.6. The van der Waals surface area contributed by atoms with Gasteiger partial charge in [-0.3, -0.25) is 4.79 Å². The summed E-state index contributed by atoms with van der Waals surface area (Å²) in [4.78, 5) is 38.3. The molecule has 3 aromatic rings. The van der Waals surface area contributed by atoms with Gasteiger partial charge in [0.2, 0.25) is 11.9 Å². The lowest BCUT2D eigenvalue weighted by Gasteiger charge is -2.41. The summed E-state index contributed by atoms with van der Waals surface area (Å²) < 4.78 is 40.6. The molecule has 51 heavy (non-hydrogen) atoms. The maximum Gasteiger partial charge on any atom is 0.323 e. The van der Waals surface area contributed by atoms with Gasteiger partial charge in [-0.15, -0.1) is 5.10 Å². The molecule has 6 rings (SSSR count). The van der Waals surface area contributed by atoms with Crippen molar-refractivity contribution >= 4 is 68.8 Å². The van der Waals surface area contributed by atoms with Crippen LogP contribution in [0, 0.1) is 0 Å². The van der Waals surface area contributed by atoms with Gasteiger partial charge in [0.1, 0.15) is 6.04 Å². The maximum absolute atomic E-state index is 14.6. The van der Waals surface area contributed by atoms with Gasteiger partial charge in [-0.25, -0.2) is 13.9 Å². The number of nitrogens with one attached hydrogen (secondary N) is 1. The van der Waals surface area contributed by atoms with Gasteiger partial charge in [0, 0.05) is 78.0 Å². The zero-order valence-corrected chi connectivity index (χ0v) is 32.6. The number of rotatable bonds is 9. The number of alkyl halides is 5. The fourth-order valence-corrected chi connectivity index (χ4v) is 8.49. The van der Waals surface area contributed by atoms with Crippen molar-refractivity contribution in [3.05, 3.63) is 59.2 Å². The lowest BCUT2D eigenvalue weighted by Crippen LogP contribution is -2.56. The minimum Gasteiger partial charge on any atom is -0.398 e. The summed E-state index contributed by atoms with van der Waals surface area (Å²) >= 11 is 2.47. The van der Waals surface area contributed by atoms with E-state index in [0.29, 0.717) is 62.4 Å². The normalized spacial score (nSPS) is 19.5. The van der Waals surface area contributed by atoms with E-state index < -0.39 is 25.7 Å². The lowest BCUT2D eigenvalue weighted by molar-refractivity contribution is -0.134. The summed E-state index contributed by atoms with van der Waals surface area (Å²) in [5, 5.41) is 7.58. The number of piperidine rings is 3. The zero-order valence-electron chi connectivity index (χ0n) is 28.3. The molecule has 3 saturated heterocycles. The fourth-order valence-electron chi connectivity index (χ4n) is 7.53. The van der Waals surface area contributed by atoms with Gasteiger partial charge < -0.3 is 31.5 Å². The maximum atomic E-state index is 14.6. The summed E-state index contributed by atoms with van der Waals surface area (Å²) in [7, 11) is 0. The Labute approximate surface area is 323 Å². The number of carbonyl (C=O) groups excluding carboxylic acids is 2. The first-order valence-corrected chi connectivity index (χ1v) is 19.8. The molecule has 0 radical (unpaired) electrons. The van der Waals surface area contributed by atoms with E-state index in [1.54, 1.807) is 14.5 Å². The SMILES string of the molecule is Nc1c(C(F)I)cc(C[C@@H](NC(=O)N2CCC(n3nc(-c4ccccc4)nc3N)CC2)C(=O)N2CCC(N3CCCCC3)CC2)cc1C(F)(F)I. The second kappa shape index (κ2) is 16.4. The van der Waals surface area contributed by atoms with Crippen LogP contribution in [0.2, 0.25) is 0 Å². The molecule has 2 aromatic carbocycles. The Morgan fingerprint density at radius 1 is 0.922 bits per heavy atom. The molecule has 3 aliphatic heterocycles. The number of amides is 3. The molecule has 0 aliphatic carbocycles. The average molecular weight is 934 g/mol. The van der Waals surface area contributed by atoms with Crippen LogP contribution in [-0.4, -0.2) is 92.8 Å². The number of carbonyl (C=O) groups is 2. The number of nitrogen functional groups attached to an aromatic ring is 2. The van der Waals surface area contributed by atoms with Crippen LogP contribution in [0.15, 0.2) is 42.5 Å². The molecule has 0 bridgehead atoms. The molecule has 1 aromatic heterocycles. The lowest BCUT2D eigenvalue weighted by atomic mass is 9.96. The fraction of sp³-hybridized carbons (Fsp3) is 0.543. The van der Waals surface area contributed by atoms with E-state index in [1.165, 1.54) is 54.0 Å².